The number of hydrogen-bond donors (Lipinski definition) is 1. The van der Waals surface area contributed by atoms with Crippen molar-refractivity contribution in [1.29, 1.82) is 0 Å². The van der Waals surface area contributed by atoms with E-state index in [-0.39, 0.29) is 10.8 Å². The second-order valence-electron chi connectivity index (χ2n) is 9.72. The van der Waals surface area contributed by atoms with E-state index in [0.717, 1.165) is 0 Å². The van der Waals surface area contributed by atoms with Gasteiger partial charge in [0.15, 0.2) is 0 Å². The van der Waals surface area contributed by atoms with Gasteiger partial charge in [-0.3, -0.25) is 0 Å². The fourth-order valence-electron chi connectivity index (χ4n) is 4.03. The maximum atomic E-state index is 5.26. The Hall–Kier alpha value is -0.790. The predicted octanol–water partition coefficient (Wildman–Crippen LogP) is 8.03. The topological polar surface area (TPSA) is 28.7 Å². The van der Waals surface area contributed by atoms with Crippen LogP contribution in [-0.2, 0) is 10.8 Å². The van der Waals surface area contributed by atoms with Gasteiger partial charge in [0.25, 0.3) is 0 Å². The molecule has 152 valence electrons. The minimum absolute atomic E-state index is 0.133. The van der Waals surface area contributed by atoms with Crippen LogP contribution in [0.15, 0.2) is 0 Å². The molecule has 1 rings (SSSR count). The van der Waals surface area contributed by atoms with Crippen LogP contribution in [0.3, 0.4) is 0 Å². The first-order chi connectivity index (χ1) is 12.2. The molecule has 0 radical (unpaired) electrons. The fourth-order valence-corrected chi connectivity index (χ4v) is 4.03. The molecule has 0 amide bonds. The molecule has 0 fully saturated rings. The molecule has 0 saturated carbocycles. The summed E-state index contributed by atoms with van der Waals surface area (Å²) in [6.45, 7) is 18.7. The van der Waals surface area contributed by atoms with Gasteiger partial charge in [-0.15, -0.1) is 0 Å². The molecular weight excluding hydrogens is 316 g/mol. The normalized spacial score (nSPS) is 14.0. The molecule has 26 heavy (non-hydrogen) atoms. The first-order valence-corrected chi connectivity index (χ1v) is 11.3. The van der Waals surface area contributed by atoms with Gasteiger partial charge in [-0.05, 0) is 25.2 Å². The Kier molecular flexibility index (Phi) is 9.41. The van der Waals surface area contributed by atoms with Crippen molar-refractivity contribution in [2.75, 3.05) is 0 Å². The zero-order valence-corrected chi connectivity index (χ0v) is 19.1. The average Bonchev–Trinajstić information content (AvgIpc) is 3.02. The monoisotopic (exact) mass is 362 g/mol. The first kappa shape index (κ1) is 23.2. The number of aromatic amines is 1. The van der Waals surface area contributed by atoms with E-state index < -0.39 is 0 Å². The summed E-state index contributed by atoms with van der Waals surface area (Å²) in [5.74, 6) is 1.78. The zero-order chi connectivity index (χ0) is 19.8. The van der Waals surface area contributed by atoms with E-state index in [9.17, 15) is 0 Å². The molecule has 2 heteroatoms. The van der Waals surface area contributed by atoms with E-state index in [2.05, 4.69) is 60.4 Å². The molecule has 2 nitrogen and oxygen atoms in total. The third-order valence-corrected chi connectivity index (χ3v) is 6.04. The largest absolute Gasteiger partial charge is 0.345 e. The summed E-state index contributed by atoms with van der Waals surface area (Å²) in [5, 5.41) is 0. The molecule has 0 aliphatic heterocycles. The Morgan fingerprint density at radius 1 is 0.808 bits per heavy atom. The van der Waals surface area contributed by atoms with Crippen LogP contribution in [0.4, 0.5) is 0 Å². The number of nitrogens with zero attached hydrogens (tertiary/aromatic N) is 1. The summed E-state index contributed by atoms with van der Waals surface area (Å²) in [6.07, 6.45) is 12.7. The molecule has 1 atom stereocenters. The Balaban J connectivity index is 3.15. The van der Waals surface area contributed by atoms with Crippen molar-refractivity contribution in [2.45, 2.75) is 136 Å². The molecule has 0 spiro atoms. The maximum absolute atomic E-state index is 5.26. The maximum Gasteiger partial charge on any atom is 0.112 e. The molecule has 1 heterocycles. The fraction of sp³-hybridized carbons (Fsp3) is 0.875. The van der Waals surface area contributed by atoms with Crippen molar-refractivity contribution in [1.82, 2.24) is 9.97 Å². The van der Waals surface area contributed by atoms with Gasteiger partial charge in [0.05, 0.1) is 5.69 Å². The van der Waals surface area contributed by atoms with Crippen LogP contribution in [0, 0.1) is 0 Å². The van der Waals surface area contributed by atoms with Crippen molar-refractivity contribution in [3.63, 3.8) is 0 Å². The highest BCUT2D eigenvalue weighted by molar-refractivity contribution is 5.28. The van der Waals surface area contributed by atoms with Gasteiger partial charge in [-0.1, -0.05) is 100 Å². The Morgan fingerprint density at radius 2 is 1.35 bits per heavy atom. The predicted molar refractivity (Wildman–Crippen MR) is 116 cm³/mol. The third-order valence-electron chi connectivity index (χ3n) is 6.04. The molecular formula is C24H46N2. The van der Waals surface area contributed by atoms with Gasteiger partial charge >= 0.3 is 0 Å². The average molecular weight is 363 g/mol. The standard InChI is InChI=1S/C24H46N2/c1-9-12-14-17-23(5,6)21-20(19(4)16-11-3)25-22(26-21)24(7,8)18-15-13-10-2/h19H,9-18H2,1-8H3,(H,25,26). The van der Waals surface area contributed by atoms with Gasteiger partial charge in [0.2, 0.25) is 0 Å². The van der Waals surface area contributed by atoms with Crippen LogP contribution in [0.1, 0.15) is 143 Å². The molecule has 0 aromatic carbocycles. The summed E-state index contributed by atoms with van der Waals surface area (Å²) in [5.41, 5.74) is 3.04. The highest BCUT2D eigenvalue weighted by atomic mass is 15.0. The molecule has 0 bridgehead atoms. The summed E-state index contributed by atoms with van der Waals surface area (Å²) in [4.78, 5) is 9.08. The number of imidazole rings is 1. The van der Waals surface area contributed by atoms with E-state index in [0.29, 0.717) is 5.92 Å². The van der Waals surface area contributed by atoms with Crippen molar-refractivity contribution >= 4 is 0 Å². The molecule has 0 saturated heterocycles. The minimum Gasteiger partial charge on any atom is -0.345 e. The second-order valence-corrected chi connectivity index (χ2v) is 9.72. The third kappa shape index (κ3) is 6.43. The van der Waals surface area contributed by atoms with Crippen LogP contribution in [0.25, 0.3) is 0 Å². The van der Waals surface area contributed by atoms with Gasteiger partial charge in [0, 0.05) is 16.5 Å². The Bertz CT molecular complexity index is 510. The van der Waals surface area contributed by atoms with E-state index in [1.54, 1.807) is 0 Å². The lowest BCUT2D eigenvalue weighted by molar-refractivity contribution is 0.417. The van der Waals surface area contributed by atoms with Crippen LogP contribution in [0.2, 0.25) is 0 Å². The van der Waals surface area contributed by atoms with Gasteiger partial charge in [-0.25, -0.2) is 4.98 Å². The van der Waals surface area contributed by atoms with Crippen molar-refractivity contribution in [3.8, 4) is 0 Å². The van der Waals surface area contributed by atoms with E-state index in [1.165, 1.54) is 81.4 Å². The van der Waals surface area contributed by atoms with Crippen LogP contribution < -0.4 is 0 Å². The quantitative estimate of drug-likeness (QED) is 0.353. The molecule has 1 aromatic heterocycles. The number of nitrogens with one attached hydrogen (secondary N) is 1. The van der Waals surface area contributed by atoms with Gasteiger partial charge in [-0.2, -0.15) is 0 Å². The minimum atomic E-state index is 0.133. The zero-order valence-electron chi connectivity index (χ0n) is 19.1. The highest BCUT2D eigenvalue weighted by Gasteiger charge is 2.32. The van der Waals surface area contributed by atoms with Crippen LogP contribution >= 0.6 is 0 Å². The van der Waals surface area contributed by atoms with Crippen molar-refractivity contribution in [2.24, 2.45) is 0 Å². The van der Waals surface area contributed by atoms with Crippen molar-refractivity contribution < 1.29 is 0 Å². The first-order valence-electron chi connectivity index (χ1n) is 11.3. The lowest BCUT2D eigenvalue weighted by atomic mass is 9.80. The summed E-state index contributed by atoms with van der Waals surface area (Å²) >= 11 is 0. The number of hydrogen-bond acceptors (Lipinski definition) is 1. The van der Waals surface area contributed by atoms with Gasteiger partial charge < -0.3 is 4.98 Å². The molecule has 1 unspecified atom stereocenters. The second kappa shape index (κ2) is 10.5. The van der Waals surface area contributed by atoms with E-state index >= 15 is 0 Å². The molecule has 1 N–H and O–H groups in total. The summed E-state index contributed by atoms with van der Waals surface area (Å²) in [7, 11) is 0. The SMILES string of the molecule is CCCCCC(C)(C)c1nc(C(C)(C)CCCCC)c(C(C)CCC)[nH]1. The number of unbranched alkanes of at least 4 members (excludes halogenated alkanes) is 4. The number of aromatic nitrogens is 2. The summed E-state index contributed by atoms with van der Waals surface area (Å²) in [6, 6.07) is 0. The van der Waals surface area contributed by atoms with Gasteiger partial charge in [0.1, 0.15) is 5.82 Å². The molecule has 1 aromatic rings. The lowest BCUT2D eigenvalue weighted by Crippen LogP contribution is -2.22. The van der Waals surface area contributed by atoms with Crippen LogP contribution in [0.5, 0.6) is 0 Å². The lowest BCUT2D eigenvalue weighted by Gasteiger charge is -2.26. The van der Waals surface area contributed by atoms with E-state index in [4.69, 9.17) is 4.98 Å². The van der Waals surface area contributed by atoms with Crippen LogP contribution in [-0.4, -0.2) is 9.97 Å². The Labute approximate surface area is 164 Å². The molecule has 0 aliphatic carbocycles. The molecule has 0 aliphatic rings. The highest BCUT2D eigenvalue weighted by Crippen LogP contribution is 2.38. The number of H-pyrrole nitrogens is 1. The Morgan fingerprint density at radius 3 is 1.85 bits per heavy atom. The van der Waals surface area contributed by atoms with E-state index in [1.807, 2.05) is 0 Å². The van der Waals surface area contributed by atoms with Crippen molar-refractivity contribution in [3.05, 3.63) is 17.2 Å². The number of rotatable bonds is 13. The smallest absolute Gasteiger partial charge is 0.112 e. The summed E-state index contributed by atoms with van der Waals surface area (Å²) < 4.78 is 0.